The van der Waals surface area contributed by atoms with Gasteiger partial charge in [0, 0.05) is 13.2 Å². The van der Waals surface area contributed by atoms with E-state index >= 15 is 0 Å². The SMILES string of the molecule is CCCNC(CC)(CCCOCCC)C(=O)O. The summed E-state index contributed by atoms with van der Waals surface area (Å²) in [7, 11) is 0. The highest BCUT2D eigenvalue weighted by Gasteiger charge is 2.35. The summed E-state index contributed by atoms with van der Waals surface area (Å²) in [6, 6.07) is 0. The summed E-state index contributed by atoms with van der Waals surface area (Å²) in [5.74, 6) is -0.746. The van der Waals surface area contributed by atoms with Crippen LogP contribution in [-0.2, 0) is 9.53 Å². The highest BCUT2D eigenvalue weighted by atomic mass is 16.5. The molecule has 0 aromatic heterocycles. The second-order valence-corrected chi connectivity index (χ2v) is 4.38. The Hall–Kier alpha value is -0.610. The Morgan fingerprint density at radius 3 is 2.41 bits per heavy atom. The predicted octanol–water partition coefficient (Wildman–Crippen LogP) is 2.43. The van der Waals surface area contributed by atoms with Gasteiger partial charge in [0.05, 0.1) is 0 Å². The maximum atomic E-state index is 11.4. The van der Waals surface area contributed by atoms with Crippen molar-refractivity contribution in [1.29, 1.82) is 0 Å². The third-order valence-corrected chi connectivity index (χ3v) is 2.97. The largest absolute Gasteiger partial charge is 0.480 e. The zero-order valence-corrected chi connectivity index (χ0v) is 11.4. The first-order valence-electron chi connectivity index (χ1n) is 6.69. The van der Waals surface area contributed by atoms with Crippen molar-refractivity contribution in [2.45, 2.75) is 58.4 Å². The third kappa shape index (κ3) is 6.03. The van der Waals surface area contributed by atoms with Gasteiger partial charge < -0.3 is 15.2 Å². The van der Waals surface area contributed by atoms with Crippen LogP contribution >= 0.6 is 0 Å². The van der Waals surface area contributed by atoms with E-state index in [0.717, 1.165) is 32.4 Å². The molecule has 0 aromatic carbocycles. The molecule has 0 heterocycles. The van der Waals surface area contributed by atoms with Gasteiger partial charge in [-0.05, 0) is 38.6 Å². The van der Waals surface area contributed by atoms with Gasteiger partial charge in [-0.2, -0.15) is 0 Å². The predicted molar refractivity (Wildman–Crippen MR) is 69.3 cm³/mol. The number of carbonyl (C=O) groups is 1. The van der Waals surface area contributed by atoms with E-state index in [0.29, 0.717) is 19.4 Å². The van der Waals surface area contributed by atoms with E-state index in [9.17, 15) is 9.90 Å². The lowest BCUT2D eigenvalue weighted by Crippen LogP contribution is -2.52. The summed E-state index contributed by atoms with van der Waals surface area (Å²) in [6.07, 6.45) is 3.98. The molecule has 0 fully saturated rings. The first-order chi connectivity index (χ1) is 8.13. The van der Waals surface area contributed by atoms with Gasteiger partial charge in [0.25, 0.3) is 0 Å². The molecule has 0 amide bonds. The molecule has 0 bridgehead atoms. The lowest BCUT2D eigenvalue weighted by Gasteiger charge is -2.29. The molecule has 0 aromatic rings. The molecule has 17 heavy (non-hydrogen) atoms. The minimum absolute atomic E-state index is 0.607. The Bertz CT molecular complexity index is 209. The Morgan fingerprint density at radius 2 is 1.94 bits per heavy atom. The fourth-order valence-corrected chi connectivity index (χ4v) is 1.81. The van der Waals surface area contributed by atoms with Crippen molar-refractivity contribution in [3.63, 3.8) is 0 Å². The summed E-state index contributed by atoms with van der Waals surface area (Å²) in [5.41, 5.74) is -0.772. The molecular weight excluding hydrogens is 218 g/mol. The van der Waals surface area contributed by atoms with Crippen LogP contribution in [0, 0.1) is 0 Å². The van der Waals surface area contributed by atoms with Crippen molar-refractivity contribution in [3.8, 4) is 0 Å². The van der Waals surface area contributed by atoms with Crippen LogP contribution in [0.25, 0.3) is 0 Å². The molecule has 0 aliphatic heterocycles. The third-order valence-electron chi connectivity index (χ3n) is 2.97. The van der Waals surface area contributed by atoms with Crippen LogP contribution in [0.15, 0.2) is 0 Å². The van der Waals surface area contributed by atoms with Crippen molar-refractivity contribution >= 4 is 5.97 Å². The number of ether oxygens (including phenoxy) is 1. The van der Waals surface area contributed by atoms with Gasteiger partial charge >= 0.3 is 5.97 Å². The lowest BCUT2D eigenvalue weighted by molar-refractivity contribution is -0.145. The van der Waals surface area contributed by atoms with E-state index < -0.39 is 11.5 Å². The van der Waals surface area contributed by atoms with Gasteiger partial charge in [-0.15, -0.1) is 0 Å². The zero-order valence-electron chi connectivity index (χ0n) is 11.4. The molecule has 4 nitrogen and oxygen atoms in total. The Kier molecular flexibility index (Phi) is 9.09. The van der Waals surface area contributed by atoms with Crippen LogP contribution in [0.3, 0.4) is 0 Å². The Labute approximate surface area is 105 Å². The molecule has 0 aliphatic rings. The van der Waals surface area contributed by atoms with Crippen molar-refractivity contribution in [1.82, 2.24) is 5.32 Å². The van der Waals surface area contributed by atoms with Crippen LogP contribution in [-0.4, -0.2) is 36.4 Å². The van der Waals surface area contributed by atoms with E-state index in [1.54, 1.807) is 0 Å². The highest BCUT2D eigenvalue weighted by molar-refractivity contribution is 5.78. The topological polar surface area (TPSA) is 58.6 Å². The summed E-state index contributed by atoms with van der Waals surface area (Å²) >= 11 is 0. The van der Waals surface area contributed by atoms with Gasteiger partial charge in [-0.25, -0.2) is 0 Å². The average molecular weight is 245 g/mol. The van der Waals surface area contributed by atoms with E-state index in [1.165, 1.54) is 0 Å². The van der Waals surface area contributed by atoms with Gasteiger partial charge in [-0.1, -0.05) is 20.8 Å². The molecule has 102 valence electrons. The Balaban J connectivity index is 4.13. The van der Waals surface area contributed by atoms with E-state index in [-0.39, 0.29) is 0 Å². The fraction of sp³-hybridized carbons (Fsp3) is 0.923. The van der Waals surface area contributed by atoms with Gasteiger partial charge in [0.15, 0.2) is 0 Å². The van der Waals surface area contributed by atoms with Crippen molar-refractivity contribution in [2.24, 2.45) is 0 Å². The van der Waals surface area contributed by atoms with Crippen LogP contribution < -0.4 is 5.32 Å². The first-order valence-corrected chi connectivity index (χ1v) is 6.69. The van der Waals surface area contributed by atoms with E-state index in [2.05, 4.69) is 12.2 Å². The smallest absolute Gasteiger partial charge is 0.323 e. The molecular formula is C13H27NO3. The molecule has 0 aliphatic carbocycles. The minimum atomic E-state index is -0.772. The number of hydrogen-bond donors (Lipinski definition) is 2. The number of aliphatic carboxylic acids is 1. The molecule has 0 rings (SSSR count). The number of carboxylic acids is 1. The second-order valence-electron chi connectivity index (χ2n) is 4.38. The lowest BCUT2D eigenvalue weighted by atomic mass is 9.90. The molecule has 0 saturated carbocycles. The zero-order chi connectivity index (χ0) is 13.1. The van der Waals surface area contributed by atoms with Gasteiger partial charge in [-0.3, -0.25) is 4.79 Å². The van der Waals surface area contributed by atoms with Crippen LogP contribution in [0.4, 0.5) is 0 Å². The van der Waals surface area contributed by atoms with Crippen LogP contribution in [0.5, 0.6) is 0 Å². The van der Waals surface area contributed by atoms with E-state index in [4.69, 9.17) is 4.74 Å². The molecule has 0 radical (unpaired) electrons. The standard InChI is InChI=1S/C13H27NO3/c1-4-9-14-13(6-3,12(15)16)8-7-11-17-10-5-2/h14H,4-11H2,1-3H3,(H,15,16). The summed E-state index contributed by atoms with van der Waals surface area (Å²) in [5, 5.41) is 12.5. The van der Waals surface area contributed by atoms with Crippen molar-refractivity contribution < 1.29 is 14.6 Å². The first kappa shape index (κ1) is 16.4. The summed E-state index contributed by atoms with van der Waals surface area (Å²) in [6.45, 7) is 8.18. The number of hydrogen-bond acceptors (Lipinski definition) is 3. The maximum absolute atomic E-state index is 11.4. The maximum Gasteiger partial charge on any atom is 0.323 e. The number of nitrogens with one attached hydrogen (secondary N) is 1. The van der Waals surface area contributed by atoms with Gasteiger partial charge in [0.2, 0.25) is 0 Å². The molecule has 2 N–H and O–H groups in total. The molecule has 4 heteroatoms. The second kappa shape index (κ2) is 9.42. The average Bonchev–Trinajstić information content (AvgIpc) is 2.32. The summed E-state index contributed by atoms with van der Waals surface area (Å²) in [4.78, 5) is 11.4. The van der Waals surface area contributed by atoms with Crippen LogP contribution in [0.1, 0.15) is 52.9 Å². The quantitative estimate of drug-likeness (QED) is 0.549. The number of carboxylic acid groups (broad SMARTS) is 1. The summed E-state index contributed by atoms with van der Waals surface area (Å²) < 4.78 is 5.39. The van der Waals surface area contributed by atoms with E-state index in [1.807, 2.05) is 13.8 Å². The molecule has 1 unspecified atom stereocenters. The molecule has 0 spiro atoms. The molecule has 1 atom stereocenters. The Morgan fingerprint density at radius 1 is 1.24 bits per heavy atom. The van der Waals surface area contributed by atoms with Gasteiger partial charge in [0.1, 0.15) is 5.54 Å². The van der Waals surface area contributed by atoms with Crippen molar-refractivity contribution in [3.05, 3.63) is 0 Å². The minimum Gasteiger partial charge on any atom is -0.480 e. The monoisotopic (exact) mass is 245 g/mol. The molecule has 0 saturated heterocycles. The highest BCUT2D eigenvalue weighted by Crippen LogP contribution is 2.18. The number of rotatable bonds is 11. The normalized spacial score (nSPS) is 14.5. The van der Waals surface area contributed by atoms with Crippen LogP contribution in [0.2, 0.25) is 0 Å². The fourth-order valence-electron chi connectivity index (χ4n) is 1.81. The van der Waals surface area contributed by atoms with Crippen molar-refractivity contribution in [2.75, 3.05) is 19.8 Å².